The maximum absolute atomic E-state index is 13.4. The minimum absolute atomic E-state index is 0.131. The lowest BCUT2D eigenvalue weighted by molar-refractivity contribution is 0.102. The minimum atomic E-state index is -0.395. The smallest absolute Gasteiger partial charge is 0.256 e. The van der Waals surface area contributed by atoms with Gasteiger partial charge in [0.1, 0.15) is 5.82 Å². The van der Waals surface area contributed by atoms with Gasteiger partial charge in [-0.05, 0) is 44.0 Å². The summed E-state index contributed by atoms with van der Waals surface area (Å²) in [4.78, 5) is 17.5. The van der Waals surface area contributed by atoms with Crippen LogP contribution in [0, 0.1) is 5.82 Å². The first-order chi connectivity index (χ1) is 11.9. The van der Waals surface area contributed by atoms with Crippen LogP contribution < -0.4 is 5.32 Å². The van der Waals surface area contributed by atoms with E-state index in [4.69, 9.17) is 0 Å². The molecule has 130 valence electrons. The molecule has 0 aliphatic heterocycles. The zero-order valence-electron chi connectivity index (χ0n) is 14.7. The highest BCUT2D eigenvalue weighted by atomic mass is 19.1. The van der Waals surface area contributed by atoms with Gasteiger partial charge in [0.2, 0.25) is 0 Å². The van der Waals surface area contributed by atoms with Crippen LogP contribution in [0.25, 0.3) is 11.0 Å². The SMILES string of the molecule is CC(C)c1cc(C(=O)Nc2cccc(F)c2)c2cnn(C(C)C)c2n1. The molecule has 3 rings (SSSR count). The topological polar surface area (TPSA) is 59.8 Å². The standard InChI is InChI=1S/C19H21FN4O/c1-11(2)17-9-15(16-10-21-24(12(3)4)18(16)23-17)19(25)22-14-7-5-6-13(20)8-14/h5-12H,1-4H3,(H,22,25). The summed E-state index contributed by atoms with van der Waals surface area (Å²) < 4.78 is 15.2. The van der Waals surface area contributed by atoms with Crippen LogP contribution >= 0.6 is 0 Å². The van der Waals surface area contributed by atoms with Gasteiger partial charge >= 0.3 is 0 Å². The van der Waals surface area contributed by atoms with Crippen LogP contribution in [0.4, 0.5) is 10.1 Å². The molecule has 1 N–H and O–H groups in total. The van der Waals surface area contributed by atoms with Crippen molar-refractivity contribution >= 4 is 22.6 Å². The number of carbonyl (C=O) groups excluding carboxylic acids is 1. The van der Waals surface area contributed by atoms with E-state index in [2.05, 4.69) is 15.4 Å². The van der Waals surface area contributed by atoms with E-state index in [0.29, 0.717) is 22.3 Å². The molecule has 0 fully saturated rings. The van der Waals surface area contributed by atoms with E-state index in [1.807, 2.05) is 27.7 Å². The molecule has 0 radical (unpaired) electrons. The summed E-state index contributed by atoms with van der Waals surface area (Å²) in [5.41, 5.74) is 2.41. The van der Waals surface area contributed by atoms with Gasteiger partial charge in [-0.2, -0.15) is 5.10 Å². The van der Waals surface area contributed by atoms with Gasteiger partial charge in [-0.1, -0.05) is 19.9 Å². The predicted octanol–water partition coefficient (Wildman–Crippen LogP) is 4.53. The van der Waals surface area contributed by atoms with Gasteiger partial charge in [-0.25, -0.2) is 14.1 Å². The number of anilines is 1. The number of hydrogen-bond acceptors (Lipinski definition) is 3. The third-order valence-electron chi connectivity index (χ3n) is 3.99. The summed E-state index contributed by atoms with van der Waals surface area (Å²) in [5.74, 6) is -0.531. The van der Waals surface area contributed by atoms with Gasteiger partial charge in [0.05, 0.1) is 17.1 Å². The molecule has 0 atom stereocenters. The molecule has 0 bridgehead atoms. The molecule has 0 unspecified atom stereocenters. The summed E-state index contributed by atoms with van der Waals surface area (Å²) in [6.07, 6.45) is 1.66. The third kappa shape index (κ3) is 3.38. The first-order valence-electron chi connectivity index (χ1n) is 8.32. The van der Waals surface area contributed by atoms with Crippen LogP contribution in [-0.2, 0) is 0 Å². The molecule has 2 aromatic heterocycles. The van der Waals surface area contributed by atoms with Gasteiger partial charge in [-0.15, -0.1) is 0 Å². The molecule has 1 amide bonds. The van der Waals surface area contributed by atoms with E-state index in [-0.39, 0.29) is 17.9 Å². The lowest BCUT2D eigenvalue weighted by Crippen LogP contribution is -2.14. The highest BCUT2D eigenvalue weighted by molar-refractivity contribution is 6.12. The minimum Gasteiger partial charge on any atom is -0.322 e. The molecular weight excluding hydrogens is 319 g/mol. The Hall–Kier alpha value is -2.76. The molecule has 1 aromatic carbocycles. The Bertz CT molecular complexity index is 930. The van der Waals surface area contributed by atoms with E-state index in [1.165, 1.54) is 12.1 Å². The van der Waals surface area contributed by atoms with Crippen molar-refractivity contribution in [3.8, 4) is 0 Å². The molecule has 3 aromatic rings. The number of aromatic nitrogens is 3. The Morgan fingerprint density at radius 2 is 1.96 bits per heavy atom. The molecular formula is C19H21FN4O. The number of pyridine rings is 1. The van der Waals surface area contributed by atoms with Crippen molar-refractivity contribution in [1.82, 2.24) is 14.8 Å². The van der Waals surface area contributed by atoms with Crippen molar-refractivity contribution < 1.29 is 9.18 Å². The Morgan fingerprint density at radius 1 is 1.20 bits per heavy atom. The van der Waals surface area contributed by atoms with Crippen LogP contribution in [0.15, 0.2) is 36.5 Å². The fourth-order valence-corrected chi connectivity index (χ4v) is 2.66. The van der Waals surface area contributed by atoms with Crippen LogP contribution in [-0.4, -0.2) is 20.7 Å². The Balaban J connectivity index is 2.09. The molecule has 6 heteroatoms. The number of carbonyl (C=O) groups is 1. The highest BCUT2D eigenvalue weighted by Crippen LogP contribution is 2.25. The van der Waals surface area contributed by atoms with E-state index in [0.717, 1.165) is 5.69 Å². The van der Waals surface area contributed by atoms with Crippen molar-refractivity contribution in [2.24, 2.45) is 0 Å². The summed E-state index contributed by atoms with van der Waals surface area (Å²) in [5, 5.41) is 7.81. The largest absolute Gasteiger partial charge is 0.322 e. The molecule has 5 nitrogen and oxygen atoms in total. The second-order valence-corrected chi connectivity index (χ2v) is 6.63. The number of hydrogen-bond donors (Lipinski definition) is 1. The van der Waals surface area contributed by atoms with Crippen molar-refractivity contribution in [2.45, 2.75) is 39.7 Å². The predicted molar refractivity (Wildman–Crippen MR) is 96.4 cm³/mol. The number of nitrogens with zero attached hydrogens (tertiary/aromatic N) is 3. The molecule has 2 heterocycles. The van der Waals surface area contributed by atoms with Crippen LogP contribution in [0.3, 0.4) is 0 Å². The fourth-order valence-electron chi connectivity index (χ4n) is 2.66. The Kier molecular flexibility index (Phi) is 4.53. The van der Waals surface area contributed by atoms with Crippen LogP contribution in [0.1, 0.15) is 55.7 Å². The maximum atomic E-state index is 13.4. The van der Waals surface area contributed by atoms with Gasteiger partial charge < -0.3 is 5.32 Å². The lowest BCUT2D eigenvalue weighted by Gasteiger charge is -2.12. The summed E-state index contributed by atoms with van der Waals surface area (Å²) in [6, 6.07) is 7.75. The summed E-state index contributed by atoms with van der Waals surface area (Å²) in [6.45, 7) is 8.09. The van der Waals surface area contributed by atoms with E-state index in [1.54, 1.807) is 29.1 Å². The third-order valence-corrected chi connectivity index (χ3v) is 3.99. The fraction of sp³-hybridized carbons (Fsp3) is 0.316. The Labute approximate surface area is 145 Å². The molecule has 0 aliphatic rings. The second kappa shape index (κ2) is 6.63. The zero-order chi connectivity index (χ0) is 18.1. The van der Waals surface area contributed by atoms with E-state index < -0.39 is 5.82 Å². The van der Waals surface area contributed by atoms with Crippen molar-refractivity contribution in [1.29, 1.82) is 0 Å². The quantitative estimate of drug-likeness (QED) is 0.759. The van der Waals surface area contributed by atoms with Crippen molar-refractivity contribution in [2.75, 3.05) is 5.32 Å². The van der Waals surface area contributed by atoms with E-state index >= 15 is 0 Å². The normalized spacial score (nSPS) is 11.5. The number of rotatable bonds is 4. The van der Waals surface area contributed by atoms with Crippen LogP contribution in [0.5, 0.6) is 0 Å². The number of halogens is 1. The van der Waals surface area contributed by atoms with Gasteiger partial charge in [0, 0.05) is 17.4 Å². The zero-order valence-corrected chi connectivity index (χ0v) is 14.7. The second-order valence-electron chi connectivity index (χ2n) is 6.63. The monoisotopic (exact) mass is 340 g/mol. The average molecular weight is 340 g/mol. The van der Waals surface area contributed by atoms with Gasteiger partial charge in [-0.3, -0.25) is 4.79 Å². The molecule has 0 saturated carbocycles. The number of amides is 1. The first-order valence-corrected chi connectivity index (χ1v) is 8.32. The Morgan fingerprint density at radius 3 is 2.60 bits per heavy atom. The number of fused-ring (bicyclic) bond motifs is 1. The van der Waals surface area contributed by atoms with E-state index in [9.17, 15) is 9.18 Å². The summed E-state index contributed by atoms with van der Waals surface area (Å²) >= 11 is 0. The van der Waals surface area contributed by atoms with Crippen LogP contribution in [0.2, 0.25) is 0 Å². The molecule has 0 aliphatic carbocycles. The number of benzene rings is 1. The number of nitrogens with one attached hydrogen (secondary N) is 1. The molecule has 0 spiro atoms. The maximum Gasteiger partial charge on any atom is 0.256 e. The average Bonchev–Trinajstić information content (AvgIpc) is 2.97. The lowest BCUT2D eigenvalue weighted by atomic mass is 10.0. The van der Waals surface area contributed by atoms with Gasteiger partial charge in [0.15, 0.2) is 5.65 Å². The molecule has 0 saturated heterocycles. The highest BCUT2D eigenvalue weighted by Gasteiger charge is 2.19. The molecule has 25 heavy (non-hydrogen) atoms. The van der Waals surface area contributed by atoms with Crippen molar-refractivity contribution in [3.05, 3.63) is 53.6 Å². The first kappa shape index (κ1) is 17.1. The van der Waals surface area contributed by atoms with Gasteiger partial charge in [0.25, 0.3) is 5.91 Å². The van der Waals surface area contributed by atoms with Crippen molar-refractivity contribution in [3.63, 3.8) is 0 Å². The summed E-state index contributed by atoms with van der Waals surface area (Å²) in [7, 11) is 0.